The maximum Gasteiger partial charge on any atom is 0.331 e. The Morgan fingerprint density at radius 1 is 0.500 bits per heavy atom. The minimum absolute atomic E-state index is 0.331. The van der Waals surface area contributed by atoms with E-state index < -0.39 is 5.41 Å². The molecule has 0 bridgehead atoms. The van der Waals surface area contributed by atoms with Gasteiger partial charge in [0.2, 0.25) is 0 Å². The first-order chi connectivity index (χ1) is 13.8. The molecule has 0 amide bonds. The predicted molar refractivity (Wildman–Crippen MR) is 111 cm³/mol. The fourth-order valence-corrected chi connectivity index (χ4v) is 3.59. The molecule has 0 heterocycles. The topological polar surface area (TPSA) is 26.3 Å². The van der Waals surface area contributed by atoms with Gasteiger partial charge in [0.1, 0.15) is 11.2 Å². The van der Waals surface area contributed by atoms with Crippen LogP contribution in [0.25, 0.3) is 0 Å². The molecule has 4 aromatic carbocycles. The Labute approximate surface area is 165 Å². The van der Waals surface area contributed by atoms with E-state index >= 15 is 0 Å². The number of hydrogen-bond donors (Lipinski definition) is 0. The van der Waals surface area contributed by atoms with Gasteiger partial charge in [0, 0.05) is 0 Å². The third-order valence-corrected chi connectivity index (χ3v) is 4.88. The van der Waals surface area contributed by atoms with Crippen molar-refractivity contribution in [3.8, 4) is 5.75 Å². The largest absolute Gasteiger partial charge is 0.425 e. The summed E-state index contributed by atoms with van der Waals surface area (Å²) in [6.07, 6.45) is 0. The van der Waals surface area contributed by atoms with Crippen molar-refractivity contribution in [1.29, 1.82) is 0 Å². The summed E-state index contributed by atoms with van der Waals surface area (Å²) in [4.78, 5) is 13.8. The van der Waals surface area contributed by atoms with Crippen molar-refractivity contribution in [2.24, 2.45) is 0 Å². The van der Waals surface area contributed by atoms with Crippen molar-refractivity contribution in [2.45, 2.75) is 5.41 Å². The minimum atomic E-state index is -1.07. The van der Waals surface area contributed by atoms with Gasteiger partial charge in [-0.25, -0.2) is 4.79 Å². The first-order valence-electron chi connectivity index (χ1n) is 9.26. The van der Waals surface area contributed by atoms with Gasteiger partial charge in [0.25, 0.3) is 0 Å². The lowest BCUT2D eigenvalue weighted by Crippen LogP contribution is -2.41. The quantitative estimate of drug-likeness (QED) is 0.261. The molecule has 0 unspecified atom stereocenters. The standard InChI is InChI=1S/C26H20O2/c27-25(28-24-19-11-4-12-20-24)26(21-13-5-1-6-14-21,22-15-7-2-8-16-22)23-17-9-3-10-18-23/h1-20H. The van der Waals surface area contributed by atoms with Gasteiger partial charge >= 0.3 is 5.97 Å². The van der Waals surface area contributed by atoms with Crippen LogP contribution in [-0.4, -0.2) is 5.97 Å². The smallest absolute Gasteiger partial charge is 0.331 e. The van der Waals surface area contributed by atoms with E-state index in [4.69, 9.17) is 4.74 Å². The van der Waals surface area contributed by atoms with Crippen molar-refractivity contribution in [1.82, 2.24) is 0 Å². The summed E-state index contributed by atoms with van der Waals surface area (Å²) in [5.74, 6) is 0.196. The van der Waals surface area contributed by atoms with Crippen molar-refractivity contribution >= 4 is 5.97 Å². The van der Waals surface area contributed by atoms with Crippen molar-refractivity contribution in [2.75, 3.05) is 0 Å². The number of carbonyl (C=O) groups excluding carboxylic acids is 1. The number of esters is 1. The van der Waals surface area contributed by atoms with E-state index in [1.165, 1.54) is 0 Å². The third kappa shape index (κ3) is 3.21. The van der Waals surface area contributed by atoms with E-state index in [2.05, 4.69) is 0 Å². The second-order valence-electron chi connectivity index (χ2n) is 6.55. The van der Waals surface area contributed by atoms with Crippen LogP contribution in [0.15, 0.2) is 121 Å². The van der Waals surface area contributed by atoms with E-state index in [0.29, 0.717) is 5.75 Å². The molecule has 0 aliphatic heterocycles. The minimum Gasteiger partial charge on any atom is -0.425 e. The molecule has 4 rings (SSSR count). The van der Waals surface area contributed by atoms with Gasteiger partial charge in [-0.2, -0.15) is 0 Å². The lowest BCUT2D eigenvalue weighted by atomic mass is 9.69. The molecule has 0 saturated heterocycles. The van der Waals surface area contributed by atoms with E-state index in [1.54, 1.807) is 12.1 Å². The van der Waals surface area contributed by atoms with Gasteiger partial charge in [-0.15, -0.1) is 0 Å². The molecule has 4 aromatic rings. The van der Waals surface area contributed by atoms with E-state index in [-0.39, 0.29) is 5.97 Å². The zero-order valence-corrected chi connectivity index (χ0v) is 15.4. The molecule has 28 heavy (non-hydrogen) atoms. The highest BCUT2D eigenvalue weighted by atomic mass is 16.5. The van der Waals surface area contributed by atoms with Crippen LogP contribution in [0.4, 0.5) is 0 Å². The molecule has 136 valence electrons. The lowest BCUT2D eigenvalue weighted by molar-refractivity contribution is -0.138. The van der Waals surface area contributed by atoms with Gasteiger partial charge < -0.3 is 4.74 Å². The van der Waals surface area contributed by atoms with Crippen LogP contribution in [0.1, 0.15) is 16.7 Å². The maximum atomic E-state index is 13.8. The summed E-state index contributed by atoms with van der Waals surface area (Å²) in [6.45, 7) is 0. The summed E-state index contributed by atoms with van der Waals surface area (Å²) in [7, 11) is 0. The first kappa shape index (κ1) is 17.7. The normalized spacial score (nSPS) is 11.0. The molecule has 0 atom stereocenters. The highest BCUT2D eigenvalue weighted by Gasteiger charge is 2.45. The summed E-state index contributed by atoms with van der Waals surface area (Å²) < 4.78 is 5.90. The fraction of sp³-hybridized carbons (Fsp3) is 0.0385. The molecule has 0 N–H and O–H groups in total. The number of ether oxygens (including phenoxy) is 1. The van der Waals surface area contributed by atoms with Gasteiger partial charge in [0.15, 0.2) is 0 Å². The van der Waals surface area contributed by atoms with Crippen molar-refractivity contribution in [3.63, 3.8) is 0 Å². The molecular weight excluding hydrogens is 344 g/mol. The second-order valence-corrected chi connectivity index (χ2v) is 6.55. The van der Waals surface area contributed by atoms with Gasteiger partial charge in [0.05, 0.1) is 0 Å². The van der Waals surface area contributed by atoms with Gasteiger partial charge in [-0.05, 0) is 28.8 Å². The SMILES string of the molecule is O=C(Oc1ccccc1)C(c1ccccc1)(c1ccccc1)c1ccccc1. The van der Waals surface area contributed by atoms with Gasteiger partial charge in [-0.3, -0.25) is 0 Å². The van der Waals surface area contributed by atoms with Crippen LogP contribution < -0.4 is 4.74 Å². The molecule has 0 saturated carbocycles. The van der Waals surface area contributed by atoms with Crippen LogP contribution in [0, 0.1) is 0 Å². The Balaban J connectivity index is 1.97. The molecule has 0 spiro atoms. The Bertz CT molecular complexity index is 930. The van der Waals surface area contributed by atoms with E-state index in [9.17, 15) is 4.79 Å². The Hall–Kier alpha value is -3.65. The third-order valence-electron chi connectivity index (χ3n) is 4.88. The summed E-state index contributed by atoms with van der Waals surface area (Å²) in [6, 6.07) is 38.6. The molecule has 0 fully saturated rings. The lowest BCUT2D eigenvalue weighted by Gasteiger charge is -2.33. The maximum absolute atomic E-state index is 13.8. The van der Waals surface area contributed by atoms with Gasteiger partial charge in [-0.1, -0.05) is 109 Å². The molecule has 0 aliphatic carbocycles. The number of para-hydroxylation sites is 1. The zero-order chi connectivity index (χ0) is 19.2. The average Bonchev–Trinajstić information content (AvgIpc) is 2.77. The van der Waals surface area contributed by atoms with Crippen LogP contribution in [0.2, 0.25) is 0 Å². The molecule has 2 heteroatoms. The highest BCUT2D eigenvalue weighted by Crippen LogP contribution is 2.40. The second kappa shape index (κ2) is 7.93. The number of benzene rings is 4. The van der Waals surface area contributed by atoms with E-state index in [0.717, 1.165) is 16.7 Å². The Kier molecular flexibility index (Phi) is 5.03. The highest BCUT2D eigenvalue weighted by molar-refractivity contribution is 5.93. The molecule has 0 radical (unpaired) electrons. The number of hydrogen-bond acceptors (Lipinski definition) is 2. The van der Waals surface area contributed by atoms with Crippen molar-refractivity contribution < 1.29 is 9.53 Å². The Morgan fingerprint density at radius 2 is 0.821 bits per heavy atom. The predicted octanol–water partition coefficient (Wildman–Crippen LogP) is 5.63. The zero-order valence-electron chi connectivity index (χ0n) is 15.4. The number of carbonyl (C=O) groups is 1. The monoisotopic (exact) mass is 364 g/mol. The molecule has 2 nitrogen and oxygen atoms in total. The van der Waals surface area contributed by atoms with Crippen LogP contribution in [0.5, 0.6) is 5.75 Å². The van der Waals surface area contributed by atoms with Crippen LogP contribution >= 0.6 is 0 Å². The van der Waals surface area contributed by atoms with E-state index in [1.807, 2.05) is 109 Å². The fourth-order valence-electron chi connectivity index (χ4n) is 3.59. The van der Waals surface area contributed by atoms with Crippen molar-refractivity contribution in [3.05, 3.63) is 138 Å². The summed E-state index contributed by atoms with van der Waals surface area (Å²) in [5.41, 5.74) is 1.54. The van der Waals surface area contributed by atoms with Crippen LogP contribution in [-0.2, 0) is 10.2 Å². The summed E-state index contributed by atoms with van der Waals surface area (Å²) >= 11 is 0. The summed E-state index contributed by atoms with van der Waals surface area (Å²) in [5, 5.41) is 0. The van der Waals surface area contributed by atoms with Crippen LogP contribution in [0.3, 0.4) is 0 Å². The molecule has 0 aliphatic rings. The molecular formula is C26H20O2. The first-order valence-corrected chi connectivity index (χ1v) is 9.26. The molecule has 0 aromatic heterocycles. The average molecular weight is 364 g/mol. The number of rotatable bonds is 5. The Morgan fingerprint density at radius 3 is 1.18 bits per heavy atom.